The summed E-state index contributed by atoms with van der Waals surface area (Å²) in [5.74, 6) is -3.29. The van der Waals surface area contributed by atoms with E-state index < -0.39 is 34.7 Å². The maximum absolute atomic E-state index is 12.5. The lowest BCUT2D eigenvalue weighted by Gasteiger charge is -2.27. The number of aliphatic carboxylic acids is 2. The van der Waals surface area contributed by atoms with Crippen molar-refractivity contribution in [2.75, 3.05) is 13.2 Å². The van der Waals surface area contributed by atoms with E-state index in [-0.39, 0.29) is 26.1 Å². The van der Waals surface area contributed by atoms with Gasteiger partial charge in [0.2, 0.25) is 0 Å². The van der Waals surface area contributed by atoms with Gasteiger partial charge in [0.15, 0.2) is 10.8 Å². The summed E-state index contributed by atoms with van der Waals surface area (Å²) in [5, 5.41) is 18.5. The van der Waals surface area contributed by atoms with Crippen molar-refractivity contribution >= 4 is 23.9 Å². The van der Waals surface area contributed by atoms with Crippen molar-refractivity contribution in [2.45, 2.75) is 196 Å². The zero-order chi connectivity index (χ0) is 43.6. The van der Waals surface area contributed by atoms with Gasteiger partial charge < -0.3 is 19.7 Å². The van der Waals surface area contributed by atoms with Gasteiger partial charge in [-0.05, 0) is 104 Å². The molecule has 0 fully saturated rings. The van der Waals surface area contributed by atoms with E-state index in [4.69, 9.17) is 9.47 Å². The number of rotatable bonds is 36. The summed E-state index contributed by atoms with van der Waals surface area (Å²) in [6.07, 6.45) is 49.0. The fourth-order valence-corrected chi connectivity index (χ4v) is 6.52. The van der Waals surface area contributed by atoms with Crippen LogP contribution in [0.2, 0.25) is 0 Å². The van der Waals surface area contributed by atoms with Gasteiger partial charge in [0, 0.05) is 0 Å². The van der Waals surface area contributed by atoms with Gasteiger partial charge >= 0.3 is 23.9 Å². The van der Waals surface area contributed by atoms with E-state index in [1.165, 1.54) is 32.1 Å². The molecule has 8 nitrogen and oxygen atoms in total. The first kappa shape index (κ1) is 56.4. The Balaban J connectivity index is 0. The molecular formula is C50H84O8. The van der Waals surface area contributed by atoms with Gasteiger partial charge in [-0.25, -0.2) is 0 Å². The third kappa shape index (κ3) is 27.9. The van der Waals surface area contributed by atoms with Crippen molar-refractivity contribution in [2.24, 2.45) is 10.8 Å². The lowest BCUT2D eigenvalue weighted by molar-refractivity contribution is -0.173. The van der Waals surface area contributed by atoms with Gasteiger partial charge in [0.1, 0.15) is 0 Å². The van der Waals surface area contributed by atoms with Crippen LogP contribution in [-0.2, 0) is 28.7 Å². The van der Waals surface area contributed by atoms with Crippen LogP contribution >= 0.6 is 0 Å². The fraction of sp³-hybridized carbons (Fsp3) is 0.680. The highest BCUT2D eigenvalue weighted by Gasteiger charge is 2.46. The number of unbranched alkanes of at least 4 members (excludes halogenated alkanes) is 12. The average molecular weight is 813 g/mol. The Hall–Kier alpha value is -3.68. The van der Waals surface area contributed by atoms with Crippen LogP contribution in [0.4, 0.5) is 0 Å². The second-order valence-corrected chi connectivity index (χ2v) is 14.8. The SMILES string of the molecule is CC/C=C\C/C=C\C/C=C\CCCCCCCCC(CC)(C(=O)O)C(=O)O.CC/C=C\C/C=C\C/C=C\CCCCCCCCC(CC)(C(=O)OCC)C(=O)OCC. The third-order valence-corrected chi connectivity index (χ3v) is 10.4. The van der Waals surface area contributed by atoms with Crippen molar-refractivity contribution < 1.29 is 38.9 Å². The average Bonchev–Trinajstić information content (AvgIpc) is 3.20. The van der Waals surface area contributed by atoms with E-state index in [0.29, 0.717) is 19.3 Å². The van der Waals surface area contributed by atoms with E-state index in [0.717, 1.165) is 89.9 Å². The second-order valence-electron chi connectivity index (χ2n) is 14.8. The molecule has 0 spiro atoms. The number of hydrogen-bond acceptors (Lipinski definition) is 6. The van der Waals surface area contributed by atoms with Gasteiger partial charge in [-0.2, -0.15) is 0 Å². The van der Waals surface area contributed by atoms with Crippen LogP contribution in [0.5, 0.6) is 0 Å². The van der Waals surface area contributed by atoms with Crippen LogP contribution in [0.3, 0.4) is 0 Å². The number of carboxylic acids is 2. The van der Waals surface area contributed by atoms with Gasteiger partial charge in [-0.3, -0.25) is 19.2 Å². The lowest BCUT2D eigenvalue weighted by Crippen LogP contribution is -2.41. The van der Waals surface area contributed by atoms with Crippen molar-refractivity contribution in [1.29, 1.82) is 0 Å². The molecular weight excluding hydrogens is 729 g/mol. The van der Waals surface area contributed by atoms with E-state index in [2.05, 4.69) is 86.8 Å². The molecule has 0 saturated carbocycles. The Bertz CT molecular complexity index is 1190. The van der Waals surface area contributed by atoms with Crippen LogP contribution < -0.4 is 0 Å². The maximum Gasteiger partial charge on any atom is 0.323 e. The van der Waals surface area contributed by atoms with Crippen molar-refractivity contribution in [3.05, 3.63) is 72.9 Å². The van der Waals surface area contributed by atoms with Gasteiger partial charge in [-0.15, -0.1) is 0 Å². The van der Waals surface area contributed by atoms with E-state index >= 15 is 0 Å². The van der Waals surface area contributed by atoms with Crippen molar-refractivity contribution in [3.8, 4) is 0 Å². The largest absolute Gasteiger partial charge is 0.480 e. The molecule has 58 heavy (non-hydrogen) atoms. The number of hydrogen-bond donors (Lipinski definition) is 2. The molecule has 0 unspecified atom stereocenters. The van der Waals surface area contributed by atoms with Gasteiger partial charge in [0.25, 0.3) is 0 Å². The number of carbonyl (C=O) groups is 4. The molecule has 0 aromatic carbocycles. The molecule has 0 radical (unpaired) electrons. The molecule has 0 saturated heterocycles. The van der Waals surface area contributed by atoms with Crippen LogP contribution in [-0.4, -0.2) is 47.3 Å². The standard InChI is InChI=1S/C27H46O4.C23H38O4/c1-5-9-10-11-12-13-14-15-16-17-18-19-20-21-22-23-24-27(6-2,25(28)30-7-3)26(29)31-8-4;1-3-5-6-7-8-9-10-11-12-13-14-15-16-17-18-19-20-23(4-2,21(24)25)22(26)27/h9-10,12-13,15-16H,5-8,11,14,17-24H2,1-4H3;5-6,8-9,11-12H,3-4,7,10,13-20H2,1-2H3,(H,24,25)(H,26,27)/b10-9-,13-12-,16-15-;6-5-,9-8-,12-11-. The number of ether oxygens (including phenoxy) is 2. The molecule has 0 aromatic heterocycles. The predicted molar refractivity (Wildman–Crippen MR) is 242 cm³/mol. The van der Waals surface area contributed by atoms with Crippen LogP contribution in [0.1, 0.15) is 196 Å². The molecule has 0 aromatic rings. The summed E-state index contributed by atoms with van der Waals surface area (Å²) in [7, 11) is 0. The summed E-state index contributed by atoms with van der Waals surface area (Å²) in [6.45, 7) is 11.9. The smallest absolute Gasteiger partial charge is 0.323 e. The zero-order valence-electron chi connectivity index (χ0n) is 37.7. The molecule has 0 atom stereocenters. The molecule has 0 heterocycles. The summed E-state index contributed by atoms with van der Waals surface area (Å²) >= 11 is 0. The molecule has 0 amide bonds. The Kier molecular flexibility index (Phi) is 39.0. The van der Waals surface area contributed by atoms with Crippen LogP contribution in [0.25, 0.3) is 0 Å². The number of esters is 2. The van der Waals surface area contributed by atoms with Gasteiger partial charge in [-0.1, -0.05) is 165 Å². The Morgan fingerprint density at radius 2 is 0.690 bits per heavy atom. The highest BCUT2D eigenvalue weighted by Crippen LogP contribution is 2.33. The lowest BCUT2D eigenvalue weighted by atomic mass is 9.80. The minimum absolute atomic E-state index is 0.134. The topological polar surface area (TPSA) is 127 Å². The number of carbonyl (C=O) groups excluding carboxylic acids is 2. The Labute approximate surface area is 354 Å². The minimum atomic E-state index is -1.61. The first-order valence-electron chi connectivity index (χ1n) is 22.8. The number of allylic oxidation sites excluding steroid dienone is 12. The molecule has 8 heteroatoms. The van der Waals surface area contributed by atoms with Crippen molar-refractivity contribution in [1.82, 2.24) is 0 Å². The summed E-state index contributed by atoms with van der Waals surface area (Å²) in [5.41, 5.74) is -2.75. The minimum Gasteiger partial charge on any atom is -0.480 e. The quantitative estimate of drug-likeness (QED) is 0.0277. The normalized spacial score (nSPS) is 12.4. The predicted octanol–water partition coefficient (Wildman–Crippen LogP) is 14.0. The van der Waals surface area contributed by atoms with Crippen molar-refractivity contribution in [3.63, 3.8) is 0 Å². The van der Waals surface area contributed by atoms with E-state index in [1.54, 1.807) is 20.8 Å². The fourth-order valence-electron chi connectivity index (χ4n) is 6.52. The molecule has 0 aliphatic heterocycles. The molecule has 332 valence electrons. The molecule has 0 aliphatic rings. The highest BCUT2D eigenvalue weighted by atomic mass is 16.6. The first-order valence-corrected chi connectivity index (χ1v) is 22.8. The Morgan fingerprint density at radius 3 is 1.00 bits per heavy atom. The maximum atomic E-state index is 12.5. The Morgan fingerprint density at radius 1 is 0.397 bits per heavy atom. The molecule has 0 aliphatic carbocycles. The molecule has 0 bridgehead atoms. The zero-order valence-corrected chi connectivity index (χ0v) is 37.7. The first-order chi connectivity index (χ1) is 28.1. The second kappa shape index (κ2) is 40.1. The monoisotopic (exact) mass is 813 g/mol. The molecule has 2 N–H and O–H groups in total. The number of carboxylic acid groups (broad SMARTS) is 2. The third-order valence-electron chi connectivity index (χ3n) is 10.4. The summed E-state index contributed by atoms with van der Waals surface area (Å²) in [4.78, 5) is 47.5. The van der Waals surface area contributed by atoms with E-state index in [1.807, 2.05) is 6.92 Å². The summed E-state index contributed by atoms with van der Waals surface area (Å²) < 4.78 is 10.4. The van der Waals surface area contributed by atoms with Gasteiger partial charge in [0.05, 0.1) is 13.2 Å². The summed E-state index contributed by atoms with van der Waals surface area (Å²) in [6, 6.07) is 0. The van der Waals surface area contributed by atoms with Crippen LogP contribution in [0.15, 0.2) is 72.9 Å². The molecule has 0 rings (SSSR count). The van der Waals surface area contributed by atoms with E-state index in [9.17, 15) is 29.4 Å². The van der Waals surface area contributed by atoms with Crippen LogP contribution in [0, 0.1) is 10.8 Å². The highest BCUT2D eigenvalue weighted by molar-refractivity contribution is 6.00.